The fourth-order valence-corrected chi connectivity index (χ4v) is 4.14. The van der Waals surface area contributed by atoms with Crippen molar-refractivity contribution in [2.45, 2.75) is 39.2 Å². The molecule has 28 heavy (non-hydrogen) atoms. The Hall–Kier alpha value is -2.09. The van der Waals surface area contributed by atoms with Crippen LogP contribution in [0.5, 0.6) is 5.75 Å². The van der Waals surface area contributed by atoms with Crippen molar-refractivity contribution in [2.24, 2.45) is 5.92 Å². The molecule has 2 rings (SSSR count). The van der Waals surface area contributed by atoms with Gasteiger partial charge in [0, 0.05) is 25.3 Å². The molecule has 2 atom stereocenters. The van der Waals surface area contributed by atoms with E-state index in [0.717, 1.165) is 18.4 Å². The minimum Gasteiger partial charge on any atom is -0.497 e. The molecule has 1 saturated heterocycles. The van der Waals surface area contributed by atoms with E-state index in [2.05, 4.69) is 12.2 Å². The van der Waals surface area contributed by atoms with E-state index in [4.69, 9.17) is 4.74 Å². The van der Waals surface area contributed by atoms with Crippen LogP contribution in [-0.2, 0) is 19.4 Å². The summed E-state index contributed by atoms with van der Waals surface area (Å²) in [5, 5.41) is 2.71. The molecular formula is C20H30N2O5S. The number of carbonyl (C=O) groups is 2. The standard InChI is InChI=1S/C20H30N2O5S/c1-4-6-12-22-18(23)14-17(20(24)21-11-13-28(25,26)5-2)19(22)15-7-9-16(27-3)10-8-15/h7-10,17,19H,4-6,11-14H2,1-3H3,(H,21,24). The smallest absolute Gasteiger partial charge is 0.226 e. The second kappa shape index (κ2) is 9.91. The van der Waals surface area contributed by atoms with Gasteiger partial charge in [0.15, 0.2) is 9.84 Å². The SMILES string of the molecule is CCCCN1C(=O)CC(C(=O)NCCS(=O)(=O)CC)C1c1ccc(OC)cc1. The molecule has 2 unspecified atom stereocenters. The number of amides is 2. The van der Waals surface area contributed by atoms with E-state index in [-0.39, 0.29) is 42.3 Å². The van der Waals surface area contributed by atoms with Gasteiger partial charge in [0.25, 0.3) is 0 Å². The van der Waals surface area contributed by atoms with Crippen LogP contribution in [0.15, 0.2) is 24.3 Å². The lowest BCUT2D eigenvalue weighted by Gasteiger charge is -2.28. The summed E-state index contributed by atoms with van der Waals surface area (Å²) in [5.41, 5.74) is 0.879. The Morgan fingerprint density at radius 2 is 1.93 bits per heavy atom. The Morgan fingerprint density at radius 1 is 1.25 bits per heavy atom. The number of nitrogens with one attached hydrogen (secondary N) is 1. The largest absolute Gasteiger partial charge is 0.497 e. The van der Waals surface area contributed by atoms with Crippen LogP contribution in [0, 0.1) is 5.92 Å². The van der Waals surface area contributed by atoms with Gasteiger partial charge in [0.1, 0.15) is 5.75 Å². The molecule has 0 spiro atoms. The molecule has 8 heteroatoms. The van der Waals surface area contributed by atoms with Crippen LogP contribution in [-0.4, -0.2) is 56.8 Å². The summed E-state index contributed by atoms with van der Waals surface area (Å²) in [4.78, 5) is 27.2. The van der Waals surface area contributed by atoms with Crippen molar-refractivity contribution < 1.29 is 22.7 Å². The van der Waals surface area contributed by atoms with Crippen LogP contribution >= 0.6 is 0 Å². The van der Waals surface area contributed by atoms with Crippen LogP contribution in [0.3, 0.4) is 0 Å². The van der Waals surface area contributed by atoms with Crippen molar-refractivity contribution in [3.05, 3.63) is 29.8 Å². The van der Waals surface area contributed by atoms with Gasteiger partial charge < -0.3 is 15.0 Å². The molecule has 0 aliphatic carbocycles. The number of benzene rings is 1. The molecule has 0 radical (unpaired) electrons. The monoisotopic (exact) mass is 410 g/mol. The number of nitrogens with zero attached hydrogens (tertiary/aromatic N) is 1. The summed E-state index contributed by atoms with van der Waals surface area (Å²) in [6.07, 6.45) is 1.94. The normalized spacial score (nSPS) is 19.7. The van der Waals surface area contributed by atoms with Gasteiger partial charge >= 0.3 is 0 Å². The van der Waals surface area contributed by atoms with Crippen LogP contribution in [0.25, 0.3) is 0 Å². The fraction of sp³-hybridized carbons (Fsp3) is 0.600. The van der Waals surface area contributed by atoms with Gasteiger partial charge in [0.05, 0.1) is 24.8 Å². The van der Waals surface area contributed by atoms with Gasteiger partial charge in [-0.2, -0.15) is 0 Å². The van der Waals surface area contributed by atoms with E-state index in [1.54, 1.807) is 18.9 Å². The molecule has 0 saturated carbocycles. The van der Waals surface area contributed by atoms with Crippen molar-refractivity contribution in [1.29, 1.82) is 0 Å². The van der Waals surface area contributed by atoms with Crippen molar-refractivity contribution in [2.75, 3.05) is 31.7 Å². The highest BCUT2D eigenvalue weighted by Crippen LogP contribution is 2.39. The molecule has 1 fully saturated rings. The van der Waals surface area contributed by atoms with Crippen LogP contribution in [0.1, 0.15) is 44.7 Å². The number of hydrogen-bond acceptors (Lipinski definition) is 5. The summed E-state index contributed by atoms with van der Waals surface area (Å²) in [5.74, 6) is -0.205. The quantitative estimate of drug-likeness (QED) is 0.636. The van der Waals surface area contributed by atoms with E-state index in [1.807, 2.05) is 24.3 Å². The molecule has 1 aliphatic heterocycles. The zero-order valence-electron chi connectivity index (χ0n) is 16.8. The van der Waals surface area contributed by atoms with Gasteiger partial charge in [0.2, 0.25) is 11.8 Å². The number of unbranched alkanes of at least 4 members (excludes halogenated alkanes) is 1. The lowest BCUT2D eigenvalue weighted by Crippen LogP contribution is -2.38. The number of methoxy groups -OCH3 is 1. The van der Waals surface area contributed by atoms with E-state index >= 15 is 0 Å². The molecule has 0 bridgehead atoms. The summed E-state index contributed by atoms with van der Waals surface area (Å²) >= 11 is 0. The number of sulfone groups is 1. The van der Waals surface area contributed by atoms with E-state index < -0.39 is 15.8 Å². The van der Waals surface area contributed by atoms with E-state index in [9.17, 15) is 18.0 Å². The first-order chi connectivity index (χ1) is 13.3. The number of hydrogen-bond donors (Lipinski definition) is 1. The second-order valence-corrected chi connectivity index (χ2v) is 9.47. The van der Waals surface area contributed by atoms with Gasteiger partial charge in [-0.1, -0.05) is 32.4 Å². The number of likely N-dealkylation sites (tertiary alicyclic amines) is 1. The van der Waals surface area contributed by atoms with Crippen molar-refractivity contribution in [3.8, 4) is 5.75 Å². The summed E-state index contributed by atoms with van der Waals surface area (Å²) in [6, 6.07) is 7.04. The van der Waals surface area contributed by atoms with Gasteiger partial charge in [-0.15, -0.1) is 0 Å². The molecule has 156 valence electrons. The predicted molar refractivity (Wildman–Crippen MR) is 108 cm³/mol. The molecule has 2 amide bonds. The van der Waals surface area contributed by atoms with E-state index in [1.165, 1.54) is 0 Å². The molecule has 1 aliphatic rings. The molecule has 0 aromatic heterocycles. The zero-order chi connectivity index (χ0) is 20.7. The Balaban J connectivity index is 2.19. The molecule has 1 aromatic carbocycles. The number of carbonyl (C=O) groups excluding carboxylic acids is 2. The Kier molecular flexibility index (Phi) is 7.86. The minimum absolute atomic E-state index is 0.0457. The molecule has 1 N–H and O–H groups in total. The average molecular weight is 411 g/mol. The minimum atomic E-state index is -3.15. The highest BCUT2D eigenvalue weighted by molar-refractivity contribution is 7.91. The fourth-order valence-electron chi connectivity index (χ4n) is 3.44. The Labute approximate surface area is 167 Å². The first-order valence-corrected chi connectivity index (χ1v) is 11.6. The molecule has 7 nitrogen and oxygen atoms in total. The molecule has 1 aromatic rings. The topological polar surface area (TPSA) is 92.8 Å². The third kappa shape index (κ3) is 5.47. The van der Waals surface area contributed by atoms with Crippen molar-refractivity contribution in [1.82, 2.24) is 10.2 Å². The maximum atomic E-state index is 12.8. The summed E-state index contributed by atoms with van der Waals surface area (Å²) < 4.78 is 28.5. The van der Waals surface area contributed by atoms with Crippen LogP contribution in [0.2, 0.25) is 0 Å². The highest BCUT2D eigenvalue weighted by Gasteiger charge is 2.44. The lowest BCUT2D eigenvalue weighted by molar-refractivity contribution is -0.129. The predicted octanol–water partition coefficient (Wildman–Crippen LogP) is 1.94. The maximum Gasteiger partial charge on any atom is 0.226 e. The first kappa shape index (κ1) is 22.2. The van der Waals surface area contributed by atoms with Crippen molar-refractivity contribution >= 4 is 21.7 Å². The third-order valence-corrected chi connectivity index (χ3v) is 6.84. The zero-order valence-corrected chi connectivity index (χ0v) is 17.6. The summed E-state index contributed by atoms with van der Waals surface area (Å²) in [6.45, 7) is 4.30. The third-order valence-electron chi connectivity index (χ3n) is 5.13. The van der Waals surface area contributed by atoms with Gasteiger partial charge in [-0.25, -0.2) is 8.42 Å². The second-order valence-electron chi connectivity index (χ2n) is 7.00. The van der Waals surface area contributed by atoms with E-state index in [0.29, 0.717) is 12.3 Å². The van der Waals surface area contributed by atoms with Gasteiger partial charge in [-0.3, -0.25) is 9.59 Å². The molecule has 1 heterocycles. The highest BCUT2D eigenvalue weighted by atomic mass is 32.2. The van der Waals surface area contributed by atoms with Gasteiger partial charge in [-0.05, 0) is 24.1 Å². The number of rotatable bonds is 10. The maximum absolute atomic E-state index is 12.8. The average Bonchev–Trinajstić information content (AvgIpc) is 3.02. The summed E-state index contributed by atoms with van der Waals surface area (Å²) in [7, 11) is -1.57. The molecular weight excluding hydrogens is 380 g/mol. The number of ether oxygens (including phenoxy) is 1. The Bertz CT molecular complexity index is 776. The Morgan fingerprint density at radius 3 is 2.50 bits per heavy atom. The van der Waals surface area contributed by atoms with Crippen LogP contribution in [0.4, 0.5) is 0 Å². The van der Waals surface area contributed by atoms with Crippen molar-refractivity contribution in [3.63, 3.8) is 0 Å². The lowest BCUT2D eigenvalue weighted by atomic mass is 9.92. The van der Waals surface area contributed by atoms with Crippen LogP contribution < -0.4 is 10.1 Å². The first-order valence-electron chi connectivity index (χ1n) is 9.74.